The van der Waals surface area contributed by atoms with Gasteiger partial charge in [0, 0.05) is 18.0 Å². The van der Waals surface area contributed by atoms with Gasteiger partial charge < -0.3 is 15.2 Å². The Morgan fingerprint density at radius 2 is 1.66 bits per heavy atom. The van der Waals surface area contributed by atoms with Crippen molar-refractivity contribution in [2.24, 2.45) is 5.92 Å². The van der Waals surface area contributed by atoms with Crippen molar-refractivity contribution in [2.45, 2.75) is 77.1 Å². The molecule has 5 rings (SSSR count). The van der Waals surface area contributed by atoms with Gasteiger partial charge in [0.05, 0.1) is 12.1 Å². The number of nitrogens with one attached hydrogen (secondary N) is 1. The molecule has 6 nitrogen and oxygen atoms in total. The van der Waals surface area contributed by atoms with Crippen LogP contribution in [0.1, 0.15) is 79.2 Å². The highest BCUT2D eigenvalue weighted by Crippen LogP contribution is 2.38. The van der Waals surface area contributed by atoms with Crippen molar-refractivity contribution in [1.29, 1.82) is 0 Å². The highest BCUT2D eigenvalue weighted by molar-refractivity contribution is 5.79. The zero-order valence-corrected chi connectivity index (χ0v) is 26.8. The molecule has 1 aliphatic heterocycles. The van der Waals surface area contributed by atoms with E-state index in [-0.39, 0.29) is 48.4 Å². The first-order valence-corrected chi connectivity index (χ1v) is 16.6. The summed E-state index contributed by atoms with van der Waals surface area (Å²) in [5, 5.41) is 12.7. The number of nitrogens with zero attached hydrogens (tertiary/aromatic N) is 1. The standard InChI is InChI=1S/C38H43F3N2O4/c1-26-27(15-10-16-32(26)28-11-4-2-5-12-28)18-19-30-24-35(47-22-20-42-36(44)29-13-6-3-7-14-29)31(23-33(30)38(39,40)41)25-43-21-9-8-17-34(43)37(45)46/h2,4-5,10-12,15-16,18-19,23-24,29,34H,3,6-9,13-14,17,20-22,25H2,1H3,(H,42,44)(H,45,46)/b19-18+/t34-/m0/s1. The summed E-state index contributed by atoms with van der Waals surface area (Å²) in [5.41, 5.74) is 3.13. The number of ether oxygens (including phenoxy) is 1. The number of benzene rings is 3. The summed E-state index contributed by atoms with van der Waals surface area (Å²) in [4.78, 5) is 26.3. The van der Waals surface area contributed by atoms with Crippen LogP contribution < -0.4 is 10.1 Å². The summed E-state index contributed by atoms with van der Waals surface area (Å²) >= 11 is 0. The van der Waals surface area contributed by atoms with E-state index in [2.05, 4.69) is 5.32 Å². The lowest BCUT2D eigenvalue weighted by molar-refractivity contribution is -0.145. The lowest BCUT2D eigenvalue weighted by atomic mass is 9.89. The molecular formula is C38H43F3N2O4. The molecule has 2 N–H and O–H groups in total. The number of hydrogen-bond acceptors (Lipinski definition) is 4. The van der Waals surface area contributed by atoms with Gasteiger partial charge in [0.25, 0.3) is 0 Å². The van der Waals surface area contributed by atoms with Crippen molar-refractivity contribution >= 4 is 24.0 Å². The Morgan fingerprint density at radius 1 is 0.936 bits per heavy atom. The van der Waals surface area contributed by atoms with Crippen LogP contribution in [0.5, 0.6) is 5.75 Å². The van der Waals surface area contributed by atoms with Crippen molar-refractivity contribution in [1.82, 2.24) is 10.2 Å². The number of carboxylic acid groups (broad SMARTS) is 1. The molecule has 1 heterocycles. The zero-order valence-electron chi connectivity index (χ0n) is 26.8. The first kappa shape index (κ1) is 34.2. The summed E-state index contributed by atoms with van der Waals surface area (Å²) in [6.45, 7) is 2.71. The largest absolute Gasteiger partial charge is 0.491 e. The van der Waals surface area contributed by atoms with Crippen LogP contribution in [0, 0.1) is 12.8 Å². The normalized spacial score (nSPS) is 17.9. The molecule has 0 unspecified atom stereocenters. The van der Waals surface area contributed by atoms with Crippen LogP contribution in [0.4, 0.5) is 13.2 Å². The number of aliphatic carboxylic acids is 1. The molecule has 1 saturated heterocycles. The van der Waals surface area contributed by atoms with Crippen molar-refractivity contribution < 1.29 is 32.6 Å². The minimum Gasteiger partial charge on any atom is -0.491 e. The van der Waals surface area contributed by atoms with Gasteiger partial charge in [-0.3, -0.25) is 14.5 Å². The molecule has 250 valence electrons. The molecule has 1 amide bonds. The van der Waals surface area contributed by atoms with Crippen LogP contribution in [-0.2, 0) is 22.3 Å². The maximum absolute atomic E-state index is 14.6. The number of rotatable bonds is 11. The van der Waals surface area contributed by atoms with E-state index in [0.29, 0.717) is 13.0 Å². The van der Waals surface area contributed by atoms with Crippen molar-refractivity contribution in [3.05, 3.63) is 88.5 Å². The molecule has 9 heteroatoms. The second-order valence-electron chi connectivity index (χ2n) is 12.6. The second kappa shape index (κ2) is 15.7. The Hall–Kier alpha value is -4.11. The Morgan fingerprint density at radius 3 is 2.38 bits per heavy atom. The molecule has 2 fully saturated rings. The highest BCUT2D eigenvalue weighted by Gasteiger charge is 2.35. The highest BCUT2D eigenvalue weighted by atomic mass is 19.4. The van der Waals surface area contributed by atoms with Crippen molar-refractivity contribution in [2.75, 3.05) is 19.7 Å². The number of piperidine rings is 1. The van der Waals surface area contributed by atoms with Gasteiger partial charge in [-0.2, -0.15) is 13.2 Å². The molecule has 0 radical (unpaired) electrons. The van der Waals surface area contributed by atoms with Gasteiger partial charge in [0.1, 0.15) is 18.4 Å². The molecule has 1 atom stereocenters. The summed E-state index contributed by atoms with van der Waals surface area (Å²) < 4.78 is 49.8. The number of alkyl halides is 3. The molecule has 3 aromatic carbocycles. The van der Waals surface area contributed by atoms with Crippen LogP contribution in [0.2, 0.25) is 0 Å². The van der Waals surface area contributed by atoms with Crippen LogP contribution in [0.15, 0.2) is 60.7 Å². The van der Waals surface area contributed by atoms with E-state index in [1.54, 1.807) is 11.0 Å². The summed E-state index contributed by atoms with van der Waals surface area (Å²) in [7, 11) is 0. The number of halogens is 3. The van der Waals surface area contributed by atoms with Crippen molar-refractivity contribution in [3.63, 3.8) is 0 Å². The maximum Gasteiger partial charge on any atom is 0.417 e. The van der Waals surface area contributed by atoms with E-state index in [1.807, 2.05) is 55.5 Å². The summed E-state index contributed by atoms with van der Waals surface area (Å²) in [6, 6.07) is 17.3. The van der Waals surface area contributed by atoms with Gasteiger partial charge in [-0.05, 0) is 79.1 Å². The third-order valence-corrected chi connectivity index (χ3v) is 9.35. The Kier molecular flexibility index (Phi) is 11.4. The Labute approximate surface area is 274 Å². The first-order chi connectivity index (χ1) is 22.6. The number of hydrogen-bond donors (Lipinski definition) is 2. The monoisotopic (exact) mass is 648 g/mol. The van der Waals surface area contributed by atoms with E-state index < -0.39 is 23.8 Å². The van der Waals surface area contributed by atoms with Gasteiger partial charge >= 0.3 is 12.1 Å². The smallest absolute Gasteiger partial charge is 0.417 e. The van der Waals surface area contributed by atoms with Gasteiger partial charge in [-0.25, -0.2) is 0 Å². The lowest BCUT2D eigenvalue weighted by Gasteiger charge is -2.33. The van der Waals surface area contributed by atoms with E-state index in [1.165, 1.54) is 12.1 Å². The number of carbonyl (C=O) groups excluding carboxylic acids is 1. The van der Waals surface area contributed by atoms with Gasteiger partial charge in [-0.15, -0.1) is 0 Å². The third-order valence-electron chi connectivity index (χ3n) is 9.35. The van der Waals surface area contributed by atoms with Crippen LogP contribution >= 0.6 is 0 Å². The Bertz CT molecular complexity index is 1570. The topological polar surface area (TPSA) is 78.9 Å². The van der Waals surface area contributed by atoms with Gasteiger partial charge in [0.15, 0.2) is 0 Å². The zero-order chi connectivity index (χ0) is 33.4. The fourth-order valence-electron chi connectivity index (χ4n) is 6.75. The van der Waals surface area contributed by atoms with E-state index in [0.717, 1.165) is 73.3 Å². The fraction of sp³-hybridized carbons (Fsp3) is 0.421. The number of carboxylic acids is 1. The molecule has 0 aromatic heterocycles. The molecular weight excluding hydrogens is 605 g/mol. The molecule has 0 spiro atoms. The van der Waals surface area contributed by atoms with E-state index in [9.17, 15) is 27.9 Å². The Balaban J connectivity index is 1.45. The molecule has 1 aliphatic carbocycles. The van der Waals surface area contributed by atoms with Gasteiger partial charge in [-0.1, -0.05) is 86.4 Å². The minimum atomic E-state index is -4.66. The summed E-state index contributed by atoms with van der Waals surface area (Å²) in [5.74, 6) is -0.774. The van der Waals surface area contributed by atoms with E-state index >= 15 is 0 Å². The van der Waals surface area contributed by atoms with E-state index in [4.69, 9.17) is 4.74 Å². The van der Waals surface area contributed by atoms with Crippen molar-refractivity contribution in [3.8, 4) is 16.9 Å². The number of likely N-dealkylation sites (tertiary alicyclic amines) is 1. The fourth-order valence-corrected chi connectivity index (χ4v) is 6.75. The lowest BCUT2D eigenvalue weighted by Crippen LogP contribution is -2.44. The minimum absolute atomic E-state index is 0.00599. The van der Waals surface area contributed by atoms with Crippen LogP contribution in [0.3, 0.4) is 0 Å². The number of amides is 1. The predicted molar refractivity (Wildman–Crippen MR) is 178 cm³/mol. The first-order valence-electron chi connectivity index (χ1n) is 16.6. The average Bonchev–Trinajstić information content (AvgIpc) is 3.07. The average molecular weight is 649 g/mol. The number of carbonyl (C=O) groups is 2. The van der Waals surface area contributed by atoms with Crippen LogP contribution in [-0.4, -0.2) is 47.6 Å². The van der Waals surface area contributed by atoms with Gasteiger partial charge in [0.2, 0.25) is 5.91 Å². The predicted octanol–water partition coefficient (Wildman–Crippen LogP) is 8.37. The maximum atomic E-state index is 14.6. The SMILES string of the molecule is Cc1c(/C=C/c2cc(OCCNC(=O)C3CCCCC3)c(CN3CCCC[C@H]3C(=O)O)cc2C(F)(F)F)cccc1-c1ccccc1. The second-order valence-corrected chi connectivity index (χ2v) is 12.6. The van der Waals surface area contributed by atoms with Crippen LogP contribution in [0.25, 0.3) is 23.3 Å². The molecule has 0 bridgehead atoms. The molecule has 3 aromatic rings. The molecule has 2 aliphatic rings. The summed E-state index contributed by atoms with van der Waals surface area (Å²) in [6.07, 6.45) is 5.36. The molecule has 47 heavy (non-hydrogen) atoms. The third kappa shape index (κ3) is 8.83. The molecule has 1 saturated carbocycles. The quantitative estimate of drug-likeness (QED) is 0.161.